The Morgan fingerprint density at radius 3 is 2.02 bits per heavy atom. The molecule has 0 spiro atoms. The zero-order valence-electron chi connectivity index (χ0n) is 23.8. The zero-order chi connectivity index (χ0) is 29.5. The molecule has 1 heterocycles. The van der Waals surface area contributed by atoms with E-state index < -0.39 is 30.3 Å². The molecule has 4 aromatic rings. The van der Waals surface area contributed by atoms with Crippen LogP contribution in [0.3, 0.4) is 0 Å². The molecule has 216 valence electrons. The molecule has 5 rings (SSSR count). The van der Waals surface area contributed by atoms with Crippen molar-refractivity contribution >= 4 is 12.0 Å². The maximum atomic E-state index is 14.0. The van der Waals surface area contributed by atoms with Crippen molar-refractivity contribution in [2.45, 2.75) is 51.0 Å². The first-order chi connectivity index (χ1) is 20.4. The summed E-state index contributed by atoms with van der Waals surface area (Å²) in [6.45, 7) is 4.65. The normalized spacial score (nSPS) is 16.1. The average Bonchev–Trinajstić information content (AvgIpc) is 3.39. The fourth-order valence-corrected chi connectivity index (χ4v) is 4.91. The fraction of sp³-hybridized carbons (Fsp3) is 0.257. The molecule has 42 heavy (non-hydrogen) atoms. The van der Waals surface area contributed by atoms with Gasteiger partial charge < -0.3 is 19.3 Å². The van der Waals surface area contributed by atoms with Gasteiger partial charge in [-0.3, -0.25) is 4.79 Å². The van der Waals surface area contributed by atoms with Crippen molar-refractivity contribution in [2.24, 2.45) is 0 Å². The molecule has 0 aliphatic carbocycles. The Morgan fingerprint density at radius 2 is 1.40 bits per heavy atom. The largest absolute Gasteiger partial charge is 0.489 e. The van der Waals surface area contributed by atoms with Crippen LogP contribution < -0.4 is 9.47 Å². The van der Waals surface area contributed by atoms with Gasteiger partial charge in [0.25, 0.3) is 5.91 Å². The number of hydrogen-bond donors (Lipinski definition) is 1. The highest BCUT2D eigenvalue weighted by Gasteiger charge is 2.44. The Morgan fingerprint density at radius 1 is 0.833 bits per heavy atom. The van der Waals surface area contributed by atoms with Crippen LogP contribution >= 0.6 is 0 Å². The first-order valence-electron chi connectivity index (χ1n) is 14.1. The van der Waals surface area contributed by atoms with Crippen LogP contribution in [-0.4, -0.2) is 40.8 Å². The Bertz CT molecular complexity index is 1460. The number of ether oxygens (including phenoxy) is 3. The first kappa shape index (κ1) is 28.9. The number of benzene rings is 4. The smallest absolute Gasteiger partial charge is 0.417 e. The molecule has 3 atom stereocenters. The van der Waals surface area contributed by atoms with Gasteiger partial charge in [0.2, 0.25) is 6.10 Å². The van der Waals surface area contributed by atoms with Crippen LogP contribution in [0, 0.1) is 0 Å². The lowest BCUT2D eigenvalue weighted by Crippen LogP contribution is -2.49. The van der Waals surface area contributed by atoms with Crippen molar-refractivity contribution in [3.05, 3.63) is 131 Å². The lowest BCUT2D eigenvalue weighted by molar-refractivity contribution is -0.142. The summed E-state index contributed by atoms with van der Waals surface area (Å²) in [6, 6.07) is 33.1. The molecule has 7 heteroatoms. The lowest BCUT2D eigenvalue weighted by Gasteiger charge is -2.28. The van der Waals surface area contributed by atoms with Crippen molar-refractivity contribution < 1.29 is 28.9 Å². The summed E-state index contributed by atoms with van der Waals surface area (Å²) in [5.41, 5.74) is 3.56. The van der Waals surface area contributed by atoms with Gasteiger partial charge in [-0.15, -0.1) is 0 Å². The maximum absolute atomic E-state index is 14.0. The van der Waals surface area contributed by atoms with Crippen LogP contribution in [0.15, 0.2) is 109 Å². The maximum Gasteiger partial charge on any atom is 0.417 e. The number of rotatable bonds is 11. The second-order valence-electron chi connectivity index (χ2n) is 10.7. The molecular formula is C35H35NO6. The van der Waals surface area contributed by atoms with E-state index in [-0.39, 0.29) is 6.61 Å². The Labute approximate surface area is 246 Å². The Balaban J connectivity index is 1.38. The summed E-state index contributed by atoms with van der Waals surface area (Å²) in [5, 5.41) is 11.5. The molecular weight excluding hydrogens is 530 g/mol. The van der Waals surface area contributed by atoms with Gasteiger partial charge in [0.15, 0.2) is 0 Å². The van der Waals surface area contributed by atoms with E-state index in [9.17, 15) is 14.7 Å². The number of aliphatic hydroxyl groups excluding tert-OH is 1. The van der Waals surface area contributed by atoms with Gasteiger partial charge >= 0.3 is 6.09 Å². The minimum Gasteiger partial charge on any atom is -0.489 e. The van der Waals surface area contributed by atoms with E-state index in [0.29, 0.717) is 36.0 Å². The van der Waals surface area contributed by atoms with Crippen LogP contribution in [0.4, 0.5) is 4.79 Å². The molecule has 2 amide bonds. The first-order valence-corrected chi connectivity index (χ1v) is 14.1. The second kappa shape index (κ2) is 13.4. The Kier molecular flexibility index (Phi) is 9.19. The zero-order valence-corrected chi connectivity index (χ0v) is 23.8. The van der Waals surface area contributed by atoms with Crippen molar-refractivity contribution in [1.82, 2.24) is 4.90 Å². The summed E-state index contributed by atoms with van der Waals surface area (Å²) >= 11 is 0. The van der Waals surface area contributed by atoms with Gasteiger partial charge in [0.05, 0.1) is 6.04 Å². The predicted octanol–water partition coefficient (Wildman–Crippen LogP) is 6.46. The molecule has 1 fully saturated rings. The van der Waals surface area contributed by atoms with E-state index in [4.69, 9.17) is 14.2 Å². The summed E-state index contributed by atoms with van der Waals surface area (Å²) in [5.74, 6) is 0.687. The summed E-state index contributed by atoms with van der Waals surface area (Å²) in [6.07, 6.45) is -3.08. The molecule has 1 aliphatic heterocycles. The summed E-state index contributed by atoms with van der Waals surface area (Å²) < 4.78 is 17.3. The standard InChI is InChI=1S/C35H35NO6/c1-24(2)27-13-19-31(20-14-27)42-33(34(38)36-29(23-41-35(36)39)21-25-9-5-3-6-10-25)32(37)28-15-17-30(18-16-28)40-22-26-11-7-4-8-12-26/h3-20,24,29,32-33,37H,21-23H2,1-2H3/t29?,32-,33-/m1/s1. The van der Waals surface area contributed by atoms with Crippen molar-refractivity contribution in [3.8, 4) is 11.5 Å². The minimum atomic E-state index is -1.39. The molecule has 1 saturated heterocycles. The number of imide groups is 1. The van der Waals surface area contributed by atoms with Gasteiger partial charge in [-0.2, -0.15) is 0 Å². The number of cyclic esters (lactones) is 1. The third-order valence-electron chi connectivity index (χ3n) is 7.32. The molecule has 0 saturated carbocycles. The van der Waals surface area contributed by atoms with E-state index in [2.05, 4.69) is 13.8 Å². The minimum absolute atomic E-state index is 0.0683. The van der Waals surface area contributed by atoms with Gasteiger partial charge in [-0.1, -0.05) is 98.8 Å². The molecule has 0 aromatic heterocycles. The van der Waals surface area contributed by atoms with Crippen molar-refractivity contribution in [3.63, 3.8) is 0 Å². The van der Waals surface area contributed by atoms with Gasteiger partial charge in [0, 0.05) is 0 Å². The summed E-state index contributed by atoms with van der Waals surface area (Å²) in [4.78, 5) is 27.9. The summed E-state index contributed by atoms with van der Waals surface area (Å²) in [7, 11) is 0. The number of aliphatic hydroxyl groups is 1. The van der Waals surface area contributed by atoms with E-state index in [0.717, 1.165) is 21.6 Å². The second-order valence-corrected chi connectivity index (χ2v) is 10.7. The van der Waals surface area contributed by atoms with E-state index in [1.807, 2.05) is 72.8 Å². The number of hydrogen-bond acceptors (Lipinski definition) is 6. The van der Waals surface area contributed by atoms with Crippen molar-refractivity contribution in [1.29, 1.82) is 0 Å². The van der Waals surface area contributed by atoms with Crippen LogP contribution in [0.5, 0.6) is 11.5 Å². The average molecular weight is 566 g/mol. The monoisotopic (exact) mass is 565 g/mol. The van der Waals surface area contributed by atoms with Gasteiger partial charge in [0.1, 0.15) is 30.8 Å². The van der Waals surface area contributed by atoms with E-state index >= 15 is 0 Å². The highest BCUT2D eigenvalue weighted by Crippen LogP contribution is 2.29. The molecule has 0 bridgehead atoms. The number of nitrogens with zero attached hydrogens (tertiary/aromatic N) is 1. The fourth-order valence-electron chi connectivity index (χ4n) is 4.91. The third kappa shape index (κ3) is 6.98. The van der Waals surface area contributed by atoms with Crippen molar-refractivity contribution in [2.75, 3.05) is 6.61 Å². The number of amides is 2. The van der Waals surface area contributed by atoms with Gasteiger partial charge in [-0.05, 0) is 58.9 Å². The highest BCUT2D eigenvalue weighted by molar-refractivity contribution is 5.96. The molecule has 0 radical (unpaired) electrons. The molecule has 4 aromatic carbocycles. The van der Waals surface area contributed by atoms with E-state index in [1.54, 1.807) is 36.4 Å². The van der Waals surface area contributed by atoms with E-state index in [1.165, 1.54) is 0 Å². The number of carbonyl (C=O) groups excluding carboxylic acids is 2. The predicted molar refractivity (Wildman–Crippen MR) is 159 cm³/mol. The SMILES string of the molecule is CC(C)c1ccc(O[C@@H](C(=O)N2C(=O)OCC2Cc2ccccc2)[C@H](O)c2ccc(OCc3ccccc3)cc2)cc1. The third-order valence-corrected chi connectivity index (χ3v) is 7.32. The molecule has 7 nitrogen and oxygen atoms in total. The molecule has 1 N–H and O–H groups in total. The van der Waals surface area contributed by atoms with Crippen LogP contribution in [0.1, 0.15) is 48.1 Å². The van der Waals surface area contributed by atoms with Crippen LogP contribution in [-0.2, 0) is 22.6 Å². The molecule has 1 unspecified atom stereocenters. The van der Waals surface area contributed by atoms with Gasteiger partial charge in [-0.25, -0.2) is 9.69 Å². The topological polar surface area (TPSA) is 85.3 Å². The quantitative estimate of drug-likeness (QED) is 0.225. The Hall–Kier alpha value is -4.62. The number of carbonyl (C=O) groups is 2. The van der Waals surface area contributed by atoms with Crippen LogP contribution in [0.25, 0.3) is 0 Å². The highest BCUT2D eigenvalue weighted by atomic mass is 16.6. The molecule has 1 aliphatic rings. The lowest BCUT2D eigenvalue weighted by atomic mass is 10.0. The van der Waals surface area contributed by atoms with Crippen LogP contribution in [0.2, 0.25) is 0 Å².